The van der Waals surface area contributed by atoms with Crippen LogP contribution in [0.2, 0.25) is 0 Å². The van der Waals surface area contributed by atoms with Gasteiger partial charge in [-0.2, -0.15) is 0 Å². The second-order valence-corrected chi connectivity index (χ2v) is 7.53. The molecule has 2 fully saturated rings. The molecule has 124 valence electrons. The van der Waals surface area contributed by atoms with Crippen LogP contribution < -0.4 is 5.32 Å². The number of carbonyl (C=O) groups is 1. The van der Waals surface area contributed by atoms with Gasteiger partial charge in [-0.25, -0.2) is 4.98 Å². The van der Waals surface area contributed by atoms with Crippen molar-refractivity contribution in [2.45, 2.75) is 43.7 Å². The van der Waals surface area contributed by atoms with Crippen LogP contribution in [0, 0.1) is 27.9 Å². The lowest BCUT2D eigenvalue weighted by atomic mass is 9.84. The van der Waals surface area contributed by atoms with Crippen molar-refractivity contribution in [3.63, 3.8) is 0 Å². The highest BCUT2D eigenvalue weighted by atomic mass is 32.2. The summed E-state index contributed by atoms with van der Waals surface area (Å²) in [7, 11) is 0. The normalized spacial score (nSPS) is 26.9. The predicted molar refractivity (Wildman–Crippen MR) is 88.2 cm³/mol. The highest BCUT2D eigenvalue weighted by Crippen LogP contribution is 2.49. The molecule has 3 rings (SSSR count). The fraction of sp³-hybridized carbons (Fsp3) is 0.625. The summed E-state index contributed by atoms with van der Waals surface area (Å²) in [6.45, 7) is 2.08. The van der Waals surface area contributed by atoms with Crippen molar-refractivity contribution < 1.29 is 9.72 Å². The van der Waals surface area contributed by atoms with Gasteiger partial charge in [-0.3, -0.25) is 14.9 Å². The minimum atomic E-state index is -0.467. The molecule has 0 aliphatic heterocycles. The first-order chi connectivity index (χ1) is 11.0. The standard InChI is InChI=1S/C16H21N3O3S/c1-10(13-8-11-4-5-12(13)7-11)18-15(20)9-23-16-14(19(21)22)3-2-6-17-16/h2-3,6,10-13H,4-5,7-9H2,1H3,(H,18,20)/t10-,11+,12+,13-/m1/s1. The van der Waals surface area contributed by atoms with Crippen LogP contribution in [0.15, 0.2) is 23.4 Å². The zero-order chi connectivity index (χ0) is 16.4. The second kappa shape index (κ2) is 6.86. The summed E-state index contributed by atoms with van der Waals surface area (Å²) in [5.74, 6) is 2.29. The summed E-state index contributed by atoms with van der Waals surface area (Å²) in [5, 5.41) is 14.3. The molecule has 6 nitrogen and oxygen atoms in total. The Hall–Kier alpha value is -1.63. The molecule has 1 amide bonds. The molecule has 0 aromatic carbocycles. The average molecular weight is 335 g/mol. The lowest BCUT2D eigenvalue weighted by Gasteiger charge is -2.28. The largest absolute Gasteiger partial charge is 0.353 e. The Kier molecular flexibility index (Phi) is 4.84. The zero-order valence-electron chi connectivity index (χ0n) is 13.1. The van der Waals surface area contributed by atoms with Gasteiger partial charge in [-0.1, -0.05) is 18.2 Å². The van der Waals surface area contributed by atoms with Crippen LogP contribution in [0.1, 0.15) is 32.6 Å². The second-order valence-electron chi connectivity index (χ2n) is 6.57. The fourth-order valence-corrected chi connectivity index (χ4v) is 4.85. The van der Waals surface area contributed by atoms with Gasteiger partial charge in [0.05, 0.1) is 10.7 Å². The smallest absolute Gasteiger partial charge is 0.301 e. The number of aromatic nitrogens is 1. The predicted octanol–water partition coefficient (Wildman–Crippen LogP) is 3.02. The summed E-state index contributed by atoms with van der Waals surface area (Å²) in [5.41, 5.74) is -0.0496. The molecule has 2 aliphatic carbocycles. The van der Waals surface area contributed by atoms with Crippen LogP contribution in [0.25, 0.3) is 0 Å². The van der Waals surface area contributed by atoms with Crippen LogP contribution in [0.4, 0.5) is 5.69 Å². The van der Waals surface area contributed by atoms with E-state index in [0.29, 0.717) is 10.9 Å². The summed E-state index contributed by atoms with van der Waals surface area (Å²) in [6, 6.07) is 3.11. The van der Waals surface area contributed by atoms with E-state index in [9.17, 15) is 14.9 Å². The van der Waals surface area contributed by atoms with Gasteiger partial charge >= 0.3 is 5.69 Å². The summed E-state index contributed by atoms with van der Waals surface area (Å²) < 4.78 is 0. The van der Waals surface area contributed by atoms with Crippen molar-refractivity contribution in [1.29, 1.82) is 0 Å². The first-order valence-corrected chi connectivity index (χ1v) is 9.04. The van der Waals surface area contributed by atoms with Crippen molar-refractivity contribution in [3.05, 3.63) is 28.4 Å². The first kappa shape index (κ1) is 16.2. The van der Waals surface area contributed by atoms with Crippen molar-refractivity contribution in [1.82, 2.24) is 10.3 Å². The van der Waals surface area contributed by atoms with E-state index < -0.39 is 4.92 Å². The Labute approximate surface area is 139 Å². The van der Waals surface area contributed by atoms with Gasteiger partial charge in [0.1, 0.15) is 0 Å². The van der Waals surface area contributed by atoms with E-state index in [-0.39, 0.29) is 23.4 Å². The molecule has 1 aromatic rings. The van der Waals surface area contributed by atoms with Gasteiger partial charge in [-0.05, 0) is 50.0 Å². The summed E-state index contributed by atoms with van der Waals surface area (Å²) >= 11 is 1.12. The average Bonchev–Trinajstić information content (AvgIpc) is 3.16. The number of hydrogen-bond donors (Lipinski definition) is 1. The number of thioether (sulfide) groups is 1. The maximum Gasteiger partial charge on any atom is 0.301 e. The van der Waals surface area contributed by atoms with Crippen LogP contribution >= 0.6 is 11.8 Å². The van der Waals surface area contributed by atoms with Crippen molar-refractivity contribution >= 4 is 23.4 Å². The monoisotopic (exact) mass is 335 g/mol. The molecule has 23 heavy (non-hydrogen) atoms. The highest BCUT2D eigenvalue weighted by molar-refractivity contribution is 8.00. The van der Waals surface area contributed by atoms with Crippen LogP contribution in [-0.4, -0.2) is 27.6 Å². The SMILES string of the molecule is C[C@@H](NC(=O)CSc1ncccc1[N+](=O)[O-])[C@H]1C[C@H]2CC[C@H]1C2. The van der Waals surface area contributed by atoms with Crippen LogP contribution in [0.3, 0.4) is 0 Å². The summed E-state index contributed by atoms with van der Waals surface area (Å²) in [6.07, 6.45) is 6.70. The topological polar surface area (TPSA) is 85.1 Å². The van der Waals surface area contributed by atoms with E-state index in [1.807, 2.05) is 0 Å². The third-order valence-electron chi connectivity index (χ3n) is 5.11. The molecule has 1 aromatic heterocycles. The molecule has 2 aliphatic rings. The van der Waals surface area contributed by atoms with E-state index >= 15 is 0 Å². The molecule has 0 saturated heterocycles. The fourth-order valence-electron chi connectivity index (χ4n) is 4.08. The van der Waals surface area contributed by atoms with Gasteiger partial charge in [0.15, 0.2) is 5.03 Å². The molecule has 7 heteroatoms. The Bertz CT molecular complexity index is 610. The number of amides is 1. The first-order valence-electron chi connectivity index (χ1n) is 8.06. The van der Waals surface area contributed by atoms with Gasteiger partial charge < -0.3 is 5.32 Å². The Balaban J connectivity index is 1.51. The van der Waals surface area contributed by atoms with Crippen LogP contribution in [0.5, 0.6) is 0 Å². The lowest BCUT2D eigenvalue weighted by Crippen LogP contribution is -2.40. The molecule has 2 bridgehead atoms. The Morgan fingerprint density at radius 3 is 3.00 bits per heavy atom. The third-order valence-corrected chi connectivity index (χ3v) is 6.11. The molecular formula is C16H21N3O3S. The molecule has 0 spiro atoms. The van der Waals surface area contributed by atoms with E-state index in [4.69, 9.17) is 0 Å². The van der Waals surface area contributed by atoms with E-state index in [0.717, 1.165) is 23.6 Å². The van der Waals surface area contributed by atoms with Gasteiger partial charge in [0, 0.05) is 18.3 Å². The molecular weight excluding hydrogens is 314 g/mol. The van der Waals surface area contributed by atoms with E-state index in [2.05, 4.69) is 17.2 Å². The summed E-state index contributed by atoms with van der Waals surface area (Å²) in [4.78, 5) is 26.6. The lowest BCUT2D eigenvalue weighted by molar-refractivity contribution is -0.388. The maximum absolute atomic E-state index is 12.1. The minimum Gasteiger partial charge on any atom is -0.353 e. The van der Waals surface area contributed by atoms with Crippen molar-refractivity contribution in [2.24, 2.45) is 17.8 Å². The maximum atomic E-state index is 12.1. The van der Waals surface area contributed by atoms with Crippen LogP contribution in [-0.2, 0) is 4.79 Å². The van der Waals surface area contributed by atoms with Gasteiger partial charge in [0.25, 0.3) is 0 Å². The zero-order valence-corrected chi connectivity index (χ0v) is 13.9. The number of hydrogen-bond acceptors (Lipinski definition) is 5. The van der Waals surface area contributed by atoms with Gasteiger partial charge in [0.2, 0.25) is 5.91 Å². The molecule has 1 N–H and O–H groups in total. The number of rotatable bonds is 6. The highest BCUT2D eigenvalue weighted by Gasteiger charge is 2.42. The van der Waals surface area contributed by atoms with E-state index in [1.54, 1.807) is 0 Å². The quantitative estimate of drug-likeness (QED) is 0.491. The minimum absolute atomic E-state index is 0.0496. The molecule has 2 saturated carbocycles. The van der Waals surface area contributed by atoms with Crippen molar-refractivity contribution in [2.75, 3.05) is 5.75 Å². The number of fused-ring (bicyclic) bond motifs is 2. The van der Waals surface area contributed by atoms with Gasteiger partial charge in [-0.15, -0.1) is 0 Å². The number of nitro groups is 1. The molecule has 0 radical (unpaired) electrons. The Morgan fingerprint density at radius 2 is 2.35 bits per heavy atom. The number of pyridine rings is 1. The van der Waals surface area contributed by atoms with E-state index in [1.165, 1.54) is 44.0 Å². The third kappa shape index (κ3) is 3.65. The molecule has 1 heterocycles. The number of nitrogens with zero attached hydrogens (tertiary/aromatic N) is 2. The number of carbonyl (C=O) groups excluding carboxylic acids is 1. The van der Waals surface area contributed by atoms with Crippen molar-refractivity contribution in [3.8, 4) is 0 Å². The number of nitrogens with one attached hydrogen (secondary N) is 1. The molecule has 0 unspecified atom stereocenters. The Morgan fingerprint density at radius 1 is 1.52 bits per heavy atom. The molecule has 4 atom stereocenters.